The van der Waals surface area contributed by atoms with Crippen molar-refractivity contribution < 1.29 is 22.7 Å². The average molecular weight is 534 g/mol. The molecule has 2 aromatic carbocycles. The lowest BCUT2D eigenvalue weighted by Gasteiger charge is -2.10. The zero-order valence-corrected chi connectivity index (χ0v) is 21.5. The molecule has 0 bridgehead atoms. The largest absolute Gasteiger partial charge is 0.493 e. The summed E-state index contributed by atoms with van der Waals surface area (Å²) in [5.41, 5.74) is 1.24. The first-order valence-electron chi connectivity index (χ1n) is 10.2. The van der Waals surface area contributed by atoms with Gasteiger partial charge in [0.05, 0.1) is 19.1 Å². The summed E-state index contributed by atoms with van der Waals surface area (Å²) in [6, 6.07) is 11.1. The van der Waals surface area contributed by atoms with E-state index in [1.54, 1.807) is 31.4 Å². The number of nitrogens with one attached hydrogen (secondary N) is 3. The van der Waals surface area contributed by atoms with Crippen molar-refractivity contribution in [3.8, 4) is 11.5 Å². The maximum atomic E-state index is 12.5. The van der Waals surface area contributed by atoms with Crippen LogP contribution in [-0.4, -0.2) is 43.9 Å². The monoisotopic (exact) mass is 533 g/mol. The van der Waals surface area contributed by atoms with Crippen LogP contribution in [0.15, 0.2) is 53.4 Å². The van der Waals surface area contributed by atoms with E-state index >= 15 is 0 Å². The summed E-state index contributed by atoms with van der Waals surface area (Å²) in [6.07, 6.45) is 3.60. The maximum Gasteiger partial charge on any atom is 0.263 e. The summed E-state index contributed by atoms with van der Waals surface area (Å²) in [4.78, 5) is 12.2. The molecule has 35 heavy (non-hydrogen) atoms. The Kier molecular flexibility index (Phi) is 8.73. The number of hydrogen-bond donors (Lipinski definition) is 3. The van der Waals surface area contributed by atoms with Crippen LogP contribution in [0.5, 0.6) is 11.5 Å². The van der Waals surface area contributed by atoms with E-state index in [1.165, 1.54) is 48.8 Å². The van der Waals surface area contributed by atoms with Gasteiger partial charge in [-0.05, 0) is 66.7 Å². The molecule has 3 rings (SSSR count). The Hall–Kier alpha value is -3.55. The minimum Gasteiger partial charge on any atom is -0.493 e. The van der Waals surface area contributed by atoms with Gasteiger partial charge in [-0.2, -0.15) is 0 Å². The number of thiocarbonyl (C=S) groups is 1. The highest BCUT2D eigenvalue weighted by Crippen LogP contribution is 2.28. The van der Waals surface area contributed by atoms with Gasteiger partial charge in [-0.15, -0.1) is 10.2 Å². The van der Waals surface area contributed by atoms with Crippen LogP contribution in [0.3, 0.4) is 0 Å². The maximum absolute atomic E-state index is 12.5. The van der Waals surface area contributed by atoms with Gasteiger partial charge in [0.15, 0.2) is 16.6 Å². The van der Waals surface area contributed by atoms with Crippen LogP contribution in [-0.2, 0) is 21.2 Å². The lowest BCUT2D eigenvalue weighted by molar-refractivity contribution is -0.115. The van der Waals surface area contributed by atoms with Gasteiger partial charge in [-0.25, -0.2) is 8.42 Å². The first-order valence-corrected chi connectivity index (χ1v) is 12.9. The normalized spacial score (nSPS) is 11.2. The van der Waals surface area contributed by atoms with Crippen molar-refractivity contribution >= 4 is 61.5 Å². The number of aromatic nitrogens is 2. The highest BCUT2D eigenvalue weighted by Gasteiger charge is 2.17. The van der Waals surface area contributed by atoms with Crippen molar-refractivity contribution in [3.63, 3.8) is 0 Å². The average Bonchev–Trinajstić information content (AvgIpc) is 3.29. The number of rotatable bonds is 9. The van der Waals surface area contributed by atoms with E-state index in [2.05, 4.69) is 25.6 Å². The van der Waals surface area contributed by atoms with Gasteiger partial charge >= 0.3 is 0 Å². The Morgan fingerprint density at radius 2 is 1.80 bits per heavy atom. The first-order chi connectivity index (χ1) is 16.7. The van der Waals surface area contributed by atoms with E-state index in [0.29, 0.717) is 23.6 Å². The van der Waals surface area contributed by atoms with E-state index in [0.717, 1.165) is 10.6 Å². The highest BCUT2D eigenvalue weighted by molar-refractivity contribution is 7.93. The molecular weight excluding hydrogens is 510 g/mol. The predicted molar refractivity (Wildman–Crippen MR) is 139 cm³/mol. The zero-order chi connectivity index (χ0) is 25.4. The summed E-state index contributed by atoms with van der Waals surface area (Å²) in [5, 5.41) is 14.1. The van der Waals surface area contributed by atoms with Crippen LogP contribution in [0.4, 0.5) is 10.8 Å². The van der Waals surface area contributed by atoms with Crippen LogP contribution >= 0.6 is 23.6 Å². The van der Waals surface area contributed by atoms with Crippen molar-refractivity contribution in [1.29, 1.82) is 0 Å². The summed E-state index contributed by atoms with van der Waals surface area (Å²) < 4.78 is 37.9. The smallest absolute Gasteiger partial charge is 0.263 e. The molecule has 0 aliphatic rings. The Morgan fingerprint density at radius 1 is 1.09 bits per heavy atom. The van der Waals surface area contributed by atoms with Crippen LogP contribution in [0.2, 0.25) is 0 Å². The summed E-state index contributed by atoms with van der Waals surface area (Å²) in [5.74, 6) is 0.686. The molecule has 184 valence electrons. The van der Waals surface area contributed by atoms with Crippen molar-refractivity contribution in [1.82, 2.24) is 15.5 Å². The SMILES string of the molecule is CCc1nnc(NS(=O)(=O)c2ccc(NC(=S)NC(=O)/C=C/c3ccc(OC)c(OC)c3)cc2)s1. The van der Waals surface area contributed by atoms with Crippen molar-refractivity contribution in [3.05, 3.63) is 59.1 Å². The number of ether oxygens (including phenoxy) is 2. The predicted octanol–water partition coefficient (Wildman–Crippen LogP) is 3.44. The third-order valence-electron chi connectivity index (χ3n) is 4.48. The van der Waals surface area contributed by atoms with Gasteiger partial charge in [-0.3, -0.25) is 14.8 Å². The third kappa shape index (κ3) is 7.21. The molecule has 0 fully saturated rings. The van der Waals surface area contributed by atoms with E-state index in [-0.39, 0.29) is 15.1 Å². The molecule has 0 saturated carbocycles. The number of amides is 1. The fourth-order valence-corrected chi connectivity index (χ4v) is 4.90. The topological polar surface area (TPSA) is 132 Å². The molecule has 0 unspecified atom stereocenters. The van der Waals surface area contributed by atoms with Gasteiger partial charge in [-0.1, -0.05) is 24.3 Å². The number of carbonyl (C=O) groups is 1. The molecule has 0 saturated heterocycles. The van der Waals surface area contributed by atoms with Gasteiger partial charge in [0, 0.05) is 11.8 Å². The van der Waals surface area contributed by atoms with Crippen molar-refractivity contribution in [2.75, 3.05) is 24.3 Å². The molecule has 0 aliphatic heterocycles. The van der Waals surface area contributed by atoms with E-state index in [9.17, 15) is 13.2 Å². The van der Waals surface area contributed by atoms with Crippen molar-refractivity contribution in [2.45, 2.75) is 18.2 Å². The minimum absolute atomic E-state index is 0.0455. The Labute approximate surface area is 212 Å². The fraction of sp³-hybridized carbons (Fsp3) is 0.182. The zero-order valence-electron chi connectivity index (χ0n) is 19.1. The second-order valence-corrected chi connectivity index (χ2v) is 10.0. The van der Waals surface area contributed by atoms with Crippen LogP contribution in [0, 0.1) is 0 Å². The molecule has 3 N–H and O–H groups in total. The van der Waals surface area contributed by atoms with Crippen LogP contribution < -0.4 is 24.8 Å². The van der Waals surface area contributed by atoms with Crippen LogP contribution in [0.1, 0.15) is 17.5 Å². The van der Waals surface area contributed by atoms with Crippen LogP contribution in [0.25, 0.3) is 6.08 Å². The van der Waals surface area contributed by atoms with E-state index in [1.807, 2.05) is 6.92 Å². The van der Waals surface area contributed by atoms with Crippen molar-refractivity contribution in [2.24, 2.45) is 0 Å². The number of aryl methyl sites for hydroxylation is 1. The molecule has 0 atom stereocenters. The molecule has 13 heteroatoms. The van der Waals surface area contributed by atoms with E-state index in [4.69, 9.17) is 21.7 Å². The number of nitrogens with zero attached hydrogens (tertiary/aromatic N) is 2. The number of carbonyl (C=O) groups excluding carboxylic acids is 1. The molecular formula is C22H23N5O5S3. The molecule has 0 aliphatic carbocycles. The summed E-state index contributed by atoms with van der Waals surface area (Å²) in [7, 11) is -0.743. The first kappa shape index (κ1) is 26.1. The molecule has 1 heterocycles. The quantitative estimate of drug-likeness (QED) is 0.279. The molecule has 1 amide bonds. The lowest BCUT2D eigenvalue weighted by Crippen LogP contribution is -2.32. The number of methoxy groups -OCH3 is 2. The molecule has 0 radical (unpaired) electrons. The van der Waals surface area contributed by atoms with Gasteiger partial charge in [0.1, 0.15) is 5.01 Å². The number of anilines is 2. The minimum atomic E-state index is -3.81. The number of hydrogen-bond acceptors (Lipinski definition) is 9. The summed E-state index contributed by atoms with van der Waals surface area (Å²) in [6.45, 7) is 1.91. The fourth-order valence-electron chi connectivity index (χ4n) is 2.77. The Bertz CT molecular complexity index is 1340. The molecule has 0 spiro atoms. The molecule has 3 aromatic rings. The second kappa shape index (κ2) is 11.7. The summed E-state index contributed by atoms with van der Waals surface area (Å²) >= 11 is 6.34. The standard InChI is InChI=1S/C22H23N5O5S3/c1-4-20-25-26-22(34-20)27-35(29,30)16-9-7-15(8-10-16)23-21(33)24-19(28)12-6-14-5-11-17(31-2)18(13-14)32-3/h5-13H,4H2,1-3H3,(H,26,27)(H2,23,24,28,33)/b12-6+. The third-order valence-corrected chi connectivity index (χ3v) is 7.16. The highest BCUT2D eigenvalue weighted by atomic mass is 32.2. The second-order valence-electron chi connectivity index (χ2n) is 6.88. The Morgan fingerprint density at radius 3 is 2.43 bits per heavy atom. The van der Waals surface area contributed by atoms with E-state index < -0.39 is 15.9 Å². The number of benzene rings is 2. The van der Waals surface area contributed by atoms with Gasteiger partial charge in [0.25, 0.3) is 10.0 Å². The lowest BCUT2D eigenvalue weighted by atomic mass is 10.2. The number of sulfonamides is 1. The molecule has 1 aromatic heterocycles. The Balaban J connectivity index is 1.56. The van der Waals surface area contributed by atoms with Gasteiger partial charge < -0.3 is 14.8 Å². The van der Waals surface area contributed by atoms with Gasteiger partial charge in [0.2, 0.25) is 11.0 Å². The molecule has 10 nitrogen and oxygen atoms in total.